The van der Waals surface area contributed by atoms with Crippen LogP contribution in [-0.2, 0) is 19.2 Å². The zero-order valence-corrected chi connectivity index (χ0v) is 19.2. The summed E-state index contributed by atoms with van der Waals surface area (Å²) in [5.41, 5.74) is 1.56. The minimum absolute atomic E-state index is 0.105. The molecule has 4 aliphatic rings. The van der Waals surface area contributed by atoms with Gasteiger partial charge in [0.1, 0.15) is 0 Å². The van der Waals surface area contributed by atoms with Crippen molar-refractivity contribution in [3.8, 4) is 0 Å². The smallest absolute Gasteiger partial charge is 0.237 e. The second-order valence-electron chi connectivity index (χ2n) is 9.42. The van der Waals surface area contributed by atoms with Gasteiger partial charge in [0.15, 0.2) is 0 Å². The lowest BCUT2D eigenvalue weighted by Gasteiger charge is -2.26. The first-order chi connectivity index (χ1) is 15.1. The predicted octanol–water partition coefficient (Wildman–Crippen LogP) is 3.53. The Bertz CT molecular complexity index is 920. The summed E-state index contributed by atoms with van der Waals surface area (Å²) in [6.45, 7) is 7.86. The van der Waals surface area contributed by atoms with Crippen LogP contribution in [0, 0.1) is 36.5 Å². The van der Waals surface area contributed by atoms with Gasteiger partial charge in [-0.1, -0.05) is 59.7 Å². The number of benzene rings is 1. The van der Waals surface area contributed by atoms with E-state index in [9.17, 15) is 19.2 Å². The van der Waals surface area contributed by atoms with Crippen molar-refractivity contribution in [3.05, 3.63) is 59.7 Å². The zero-order valence-electron chi connectivity index (χ0n) is 19.2. The summed E-state index contributed by atoms with van der Waals surface area (Å²) in [5, 5.41) is 4.74. The average Bonchev–Trinajstić information content (AvgIpc) is 3.11. The summed E-state index contributed by atoms with van der Waals surface area (Å²) in [6, 6.07) is 8.45. The highest BCUT2D eigenvalue weighted by molar-refractivity contribution is 6.09. The van der Waals surface area contributed by atoms with Crippen LogP contribution in [-0.4, -0.2) is 23.6 Å². The molecule has 4 unspecified atom stereocenters. The molecule has 1 aromatic carbocycles. The molecule has 0 saturated carbocycles. The first-order valence-corrected chi connectivity index (χ1v) is 11.2. The maximum absolute atomic E-state index is 11.4. The van der Waals surface area contributed by atoms with Crippen LogP contribution < -0.4 is 10.6 Å². The van der Waals surface area contributed by atoms with Gasteiger partial charge in [0.05, 0.1) is 22.7 Å². The van der Waals surface area contributed by atoms with Crippen LogP contribution in [0.25, 0.3) is 0 Å². The first kappa shape index (κ1) is 23.6. The number of rotatable bonds is 0. The van der Waals surface area contributed by atoms with Crippen LogP contribution in [0.5, 0.6) is 0 Å². The molecule has 6 heteroatoms. The molecule has 5 rings (SSSR count). The molecular weight excluding hydrogens is 404 g/mol. The van der Waals surface area contributed by atoms with E-state index in [1.54, 1.807) is 0 Å². The van der Waals surface area contributed by atoms with Crippen molar-refractivity contribution in [3.63, 3.8) is 0 Å². The largest absolute Gasteiger partial charge is 0.295 e. The third-order valence-electron chi connectivity index (χ3n) is 6.88. The third-order valence-corrected chi connectivity index (χ3v) is 6.88. The molecular formula is C26H32N2O4. The van der Waals surface area contributed by atoms with Gasteiger partial charge in [-0.15, -0.1) is 0 Å². The lowest BCUT2D eigenvalue weighted by atomic mass is 9.73. The molecule has 2 N–H and O–H groups in total. The van der Waals surface area contributed by atoms with Crippen LogP contribution in [0.4, 0.5) is 0 Å². The molecule has 0 bridgehead atoms. The van der Waals surface area contributed by atoms with E-state index < -0.39 is 10.8 Å². The van der Waals surface area contributed by atoms with Crippen molar-refractivity contribution >= 4 is 23.6 Å². The Morgan fingerprint density at radius 2 is 1.16 bits per heavy atom. The molecule has 4 atom stereocenters. The second kappa shape index (κ2) is 9.23. The normalized spacial score (nSPS) is 32.0. The summed E-state index contributed by atoms with van der Waals surface area (Å²) in [7, 11) is 0. The number of amides is 4. The van der Waals surface area contributed by atoms with Gasteiger partial charge in [-0.3, -0.25) is 29.8 Å². The molecule has 4 amide bonds. The van der Waals surface area contributed by atoms with Gasteiger partial charge < -0.3 is 0 Å². The van der Waals surface area contributed by atoms with Crippen LogP contribution in [0.2, 0.25) is 0 Å². The number of carbonyl (C=O) groups is 4. The van der Waals surface area contributed by atoms with Crippen molar-refractivity contribution < 1.29 is 19.2 Å². The van der Waals surface area contributed by atoms with Crippen molar-refractivity contribution in [1.29, 1.82) is 0 Å². The average molecular weight is 437 g/mol. The highest BCUT2D eigenvalue weighted by Crippen LogP contribution is 2.41. The summed E-state index contributed by atoms with van der Waals surface area (Å²) in [6.07, 6.45) is 11.1. The molecule has 6 nitrogen and oxygen atoms in total. The SMILES string of the molecule is CC12C=CCCC1C(=O)NC2=O.CC12C=CCCC1C(=O)NC2=O.Cc1cccc(C)c1. The second-order valence-corrected chi connectivity index (χ2v) is 9.42. The fourth-order valence-corrected chi connectivity index (χ4v) is 4.76. The first-order valence-electron chi connectivity index (χ1n) is 11.2. The highest BCUT2D eigenvalue weighted by Gasteiger charge is 2.51. The number of nitrogens with one attached hydrogen (secondary N) is 2. The van der Waals surface area contributed by atoms with E-state index >= 15 is 0 Å². The van der Waals surface area contributed by atoms with Crippen molar-refractivity contribution in [2.75, 3.05) is 0 Å². The van der Waals surface area contributed by atoms with Gasteiger partial charge in [0, 0.05) is 0 Å². The van der Waals surface area contributed by atoms with Gasteiger partial charge in [0.2, 0.25) is 23.6 Å². The minimum Gasteiger partial charge on any atom is -0.295 e. The molecule has 2 saturated heterocycles. The van der Waals surface area contributed by atoms with E-state index in [0.717, 1.165) is 25.7 Å². The summed E-state index contributed by atoms with van der Waals surface area (Å²) >= 11 is 0. The quantitative estimate of drug-likeness (QED) is 0.481. The molecule has 2 heterocycles. The number of carbonyl (C=O) groups excluding carboxylic acids is 4. The fraction of sp³-hybridized carbons (Fsp3) is 0.462. The lowest BCUT2D eigenvalue weighted by Crippen LogP contribution is -2.31. The monoisotopic (exact) mass is 436 g/mol. The van der Waals surface area contributed by atoms with E-state index in [-0.39, 0.29) is 35.5 Å². The molecule has 0 spiro atoms. The number of hydrogen-bond donors (Lipinski definition) is 2. The molecule has 32 heavy (non-hydrogen) atoms. The predicted molar refractivity (Wildman–Crippen MR) is 122 cm³/mol. The molecule has 2 fully saturated rings. The maximum Gasteiger partial charge on any atom is 0.237 e. The number of aryl methyl sites for hydroxylation is 2. The summed E-state index contributed by atoms with van der Waals surface area (Å²) in [4.78, 5) is 45.2. The van der Waals surface area contributed by atoms with Crippen molar-refractivity contribution in [2.24, 2.45) is 22.7 Å². The van der Waals surface area contributed by atoms with Crippen LogP contribution in [0.15, 0.2) is 48.6 Å². The molecule has 2 aliphatic carbocycles. The molecule has 0 aromatic heterocycles. The van der Waals surface area contributed by atoms with E-state index in [1.165, 1.54) is 11.1 Å². The third kappa shape index (κ3) is 4.59. The Balaban J connectivity index is 0.000000139. The zero-order chi connectivity index (χ0) is 23.5. The lowest BCUT2D eigenvalue weighted by molar-refractivity contribution is -0.128. The Morgan fingerprint density at radius 3 is 1.47 bits per heavy atom. The highest BCUT2D eigenvalue weighted by atomic mass is 16.2. The Morgan fingerprint density at radius 1 is 0.750 bits per heavy atom. The van der Waals surface area contributed by atoms with E-state index in [1.807, 2.05) is 38.2 Å². The molecule has 0 radical (unpaired) electrons. The standard InChI is InChI=1S/2C9H11NO2.C8H10/c2*1-9-5-3-2-4-6(9)7(11)10-8(9)12;1-7-4-3-5-8(2)6-7/h2*3,5-6H,2,4H2,1H3,(H,10,11,12);3-6H,1-2H3. The van der Waals surface area contributed by atoms with Gasteiger partial charge in [-0.05, 0) is 53.4 Å². The van der Waals surface area contributed by atoms with E-state index in [4.69, 9.17) is 0 Å². The molecule has 170 valence electrons. The van der Waals surface area contributed by atoms with Gasteiger partial charge in [-0.2, -0.15) is 0 Å². The van der Waals surface area contributed by atoms with Gasteiger partial charge in [-0.25, -0.2) is 0 Å². The Labute approximate surface area is 189 Å². The Hall–Kier alpha value is -3.02. The van der Waals surface area contributed by atoms with Crippen LogP contribution in [0.1, 0.15) is 50.7 Å². The fourth-order valence-electron chi connectivity index (χ4n) is 4.76. The van der Waals surface area contributed by atoms with E-state index in [2.05, 4.69) is 48.7 Å². The van der Waals surface area contributed by atoms with Crippen molar-refractivity contribution in [1.82, 2.24) is 10.6 Å². The van der Waals surface area contributed by atoms with Crippen molar-refractivity contribution in [2.45, 2.75) is 53.4 Å². The Kier molecular flexibility index (Phi) is 6.82. The number of hydrogen-bond acceptors (Lipinski definition) is 4. The minimum atomic E-state index is -0.560. The molecule has 2 aliphatic heterocycles. The topological polar surface area (TPSA) is 92.3 Å². The molecule has 1 aromatic rings. The van der Waals surface area contributed by atoms with E-state index in [0.29, 0.717) is 0 Å². The van der Waals surface area contributed by atoms with Gasteiger partial charge >= 0.3 is 0 Å². The van der Waals surface area contributed by atoms with Crippen LogP contribution >= 0.6 is 0 Å². The number of allylic oxidation sites excluding steroid dienone is 2. The van der Waals surface area contributed by atoms with Gasteiger partial charge in [0.25, 0.3) is 0 Å². The maximum atomic E-state index is 11.4. The number of imide groups is 2. The summed E-state index contributed by atoms with van der Waals surface area (Å²) < 4.78 is 0. The summed E-state index contributed by atoms with van der Waals surface area (Å²) in [5.74, 6) is -0.759. The number of fused-ring (bicyclic) bond motifs is 2. The van der Waals surface area contributed by atoms with Crippen LogP contribution in [0.3, 0.4) is 0 Å².